The van der Waals surface area contributed by atoms with Gasteiger partial charge >= 0.3 is 5.69 Å². The summed E-state index contributed by atoms with van der Waals surface area (Å²) in [6.07, 6.45) is 3.41. The van der Waals surface area contributed by atoms with Crippen molar-refractivity contribution in [3.8, 4) is 11.4 Å². The van der Waals surface area contributed by atoms with Gasteiger partial charge in [-0.2, -0.15) is 0 Å². The Labute approximate surface area is 189 Å². The minimum absolute atomic E-state index is 0.00424. The van der Waals surface area contributed by atoms with Gasteiger partial charge in [0.15, 0.2) is 5.65 Å². The molecule has 0 aliphatic heterocycles. The fourth-order valence-corrected chi connectivity index (χ4v) is 3.64. The second kappa shape index (κ2) is 8.85. The second-order valence-corrected chi connectivity index (χ2v) is 8.68. The monoisotopic (exact) mass is 446 g/mol. The molecule has 0 unspecified atom stereocenters. The molecule has 4 rings (SSSR count). The average molecular weight is 447 g/mol. The molecule has 4 aromatic rings. The molecule has 33 heavy (non-hydrogen) atoms. The first-order valence-electron chi connectivity index (χ1n) is 10.8. The number of aromatic nitrogens is 5. The van der Waals surface area contributed by atoms with Crippen molar-refractivity contribution in [2.75, 3.05) is 5.32 Å². The quantitative estimate of drug-likeness (QED) is 0.418. The summed E-state index contributed by atoms with van der Waals surface area (Å²) in [4.78, 5) is 52.8. The molecule has 0 spiro atoms. The molecule has 3 heterocycles. The number of carbonyl (C=O) groups excluding carboxylic acids is 1. The number of imidazole rings is 1. The Balaban J connectivity index is 1.79. The number of benzene rings is 1. The number of H-pyrrole nitrogens is 2. The molecule has 3 aromatic heterocycles. The van der Waals surface area contributed by atoms with E-state index in [0.717, 1.165) is 11.4 Å². The maximum absolute atomic E-state index is 13.3. The van der Waals surface area contributed by atoms with Gasteiger partial charge in [0.2, 0.25) is 0 Å². The maximum Gasteiger partial charge on any atom is 0.330 e. The van der Waals surface area contributed by atoms with Gasteiger partial charge in [-0.3, -0.25) is 19.1 Å². The number of amides is 1. The molecule has 0 fully saturated rings. The minimum Gasteiger partial charge on any atom is -0.345 e. The van der Waals surface area contributed by atoms with Crippen molar-refractivity contribution < 1.29 is 4.79 Å². The summed E-state index contributed by atoms with van der Waals surface area (Å²) in [5.74, 6) is 0.418. The molecule has 1 aromatic carbocycles. The molecular formula is C24H26N6O3. The van der Waals surface area contributed by atoms with E-state index in [1.165, 1.54) is 4.57 Å². The number of anilines is 1. The highest BCUT2D eigenvalue weighted by atomic mass is 16.2. The number of pyridine rings is 1. The molecule has 0 aliphatic carbocycles. The van der Waals surface area contributed by atoms with Crippen LogP contribution in [-0.4, -0.2) is 30.4 Å². The van der Waals surface area contributed by atoms with Crippen molar-refractivity contribution in [1.82, 2.24) is 24.5 Å². The molecule has 9 heteroatoms. The summed E-state index contributed by atoms with van der Waals surface area (Å²) in [6.45, 7) is 8.20. The van der Waals surface area contributed by atoms with Crippen molar-refractivity contribution in [3.05, 3.63) is 74.8 Å². The van der Waals surface area contributed by atoms with Crippen LogP contribution in [0.15, 0.2) is 52.3 Å². The lowest BCUT2D eigenvalue weighted by Gasteiger charge is -2.16. The van der Waals surface area contributed by atoms with Crippen LogP contribution in [0.25, 0.3) is 22.4 Å². The zero-order chi connectivity index (χ0) is 23.7. The SMILES string of the molecule is CC(C)Cn1c(=O)[nH]c(=O)c2c(C(=O)Nc3ccc(-c4ncc[nH]4)cc3)cc(C(C)C)nc21. The van der Waals surface area contributed by atoms with Gasteiger partial charge in [-0.1, -0.05) is 27.7 Å². The maximum atomic E-state index is 13.3. The Morgan fingerprint density at radius 2 is 1.85 bits per heavy atom. The van der Waals surface area contributed by atoms with Gasteiger partial charge < -0.3 is 10.3 Å². The van der Waals surface area contributed by atoms with E-state index < -0.39 is 17.2 Å². The van der Waals surface area contributed by atoms with Crippen LogP contribution >= 0.6 is 0 Å². The molecule has 9 nitrogen and oxygen atoms in total. The molecule has 0 saturated heterocycles. The average Bonchev–Trinajstić information content (AvgIpc) is 3.31. The molecular weight excluding hydrogens is 420 g/mol. The number of fused-ring (bicyclic) bond motifs is 1. The summed E-state index contributed by atoms with van der Waals surface area (Å²) < 4.78 is 1.43. The van der Waals surface area contributed by atoms with Crippen LogP contribution in [0, 0.1) is 5.92 Å². The predicted molar refractivity (Wildman–Crippen MR) is 128 cm³/mol. The third kappa shape index (κ3) is 4.48. The van der Waals surface area contributed by atoms with Crippen molar-refractivity contribution >= 4 is 22.6 Å². The smallest absolute Gasteiger partial charge is 0.330 e. The first kappa shape index (κ1) is 22.2. The number of hydrogen-bond acceptors (Lipinski definition) is 5. The highest BCUT2D eigenvalue weighted by molar-refractivity contribution is 6.11. The van der Waals surface area contributed by atoms with Crippen molar-refractivity contribution in [2.24, 2.45) is 5.92 Å². The van der Waals surface area contributed by atoms with E-state index in [1.54, 1.807) is 30.6 Å². The minimum atomic E-state index is -0.629. The third-order valence-electron chi connectivity index (χ3n) is 5.27. The molecule has 0 aliphatic rings. The highest BCUT2D eigenvalue weighted by Gasteiger charge is 2.21. The molecule has 0 atom stereocenters. The van der Waals surface area contributed by atoms with Crippen molar-refractivity contribution in [3.63, 3.8) is 0 Å². The lowest BCUT2D eigenvalue weighted by Crippen LogP contribution is -2.33. The number of hydrogen-bond donors (Lipinski definition) is 3. The second-order valence-electron chi connectivity index (χ2n) is 8.68. The number of aromatic amines is 2. The lowest BCUT2D eigenvalue weighted by atomic mass is 10.0. The van der Waals surface area contributed by atoms with Gasteiger partial charge in [0, 0.05) is 35.9 Å². The standard InChI is InChI=1S/C24H26N6O3/c1-13(2)12-30-21-19(23(32)29-24(30)33)17(11-18(28-21)14(3)4)22(31)27-16-7-5-15(6-8-16)20-25-9-10-26-20/h5-11,13-14H,12H2,1-4H3,(H,25,26)(H,27,31)(H,29,32,33). The van der Waals surface area contributed by atoms with Crippen LogP contribution in [0.1, 0.15) is 49.7 Å². The Hall–Kier alpha value is -4.01. The summed E-state index contributed by atoms with van der Waals surface area (Å²) >= 11 is 0. The zero-order valence-electron chi connectivity index (χ0n) is 19.0. The summed E-state index contributed by atoms with van der Waals surface area (Å²) in [7, 11) is 0. The van der Waals surface area contributed by atoms with Gasteiger partial charge in [0.1, 0.15) is 5.82 Å². The number of rotatable bonds is 6. The van der Waals surface area contributed by atoms with Crippen LogP contribution < -0.4 is 16.6 Å². The Morgan fingerprint density at radius 3 is 2.45 bits per heavy atom. The van der Waals surface area contributed by atoms with Crippen LogP contribution in [0.4, 0.5) is 5.69 Å². The summed E-state index contributed by atoms with van der Waals surface area (Å²) in [5.41, 5.74) is 1.32. The first-order chi connectivity index (χ1) is 15.7. The van der Waals surface area contributed by atoms with E-state index in [-0.39, 0.29) is 28.4 Å². The molecule has 0 saturated carbocycles. The van der Waals surface area contributed by atoms with E-state index in [2.05, 4.69) is 25.3 Å². The lowest BCUT2D eigenvalue weighted by molar-refractivity contribution is 0.102. The topological polar surface area (TPSA) is 126 Å². The van der Waals surface area contributed by atoms with Gasteiger partial charge in [-0.15, -0.1) is 0 Å². The van der Waals surface area contributed by atoms with E-state index in [0.29, 0.717) is 17.9 Å². The third-order valence-corrected chi connectivity index (χ3v) is 5.27. The Morgan fingerprint density at radius 1 is 1.12 bits per heavy atom. The van der Waals surface area contributed by atoms with Gasteiger partial charge in [0.25, 0.3) is 11.5 Å². The number of nitrogens with zero attached hydrogens (tertiary/aromatic N) is 3. The Kier molecular flexibility index (Phi) is 5.95. The largest absolute Gasteiger partial charge is 0.345 e. The molecule has 0 bridgehead atoms. The van der Waals surface area contributed by atoms with Crippen LogP contribution in [0.2, 0.25) is 0 Å². The van der Waals surface area contributed by atoms with E-state index >= 15 is 0 Å². The molecule has 0 radical (unpaired) electrons. The number of carbonyl (C=O) groups is 1. The highest BCUT2D eigenvalue weighted by Crippen LogP contribution is 2.22. The first-order valence-corrected chi connectivity index (χ1v) is 10.8. The van der Waals surface area contributed by atoms with Crippen molar-refractivity contribution in [2.45, 2.75) is 40.2 Å². The van der Waals surface area contributed by atoms with E-state index in [1.807, 2.05) is 39.8 Å². The summed E-state index contributed by atoms with van der Waals surface area (Å²) in [5, 5.41) is 2.95. The fraction of sp³-hybridized carbons (Fsp3) is 0.292. The Bertz CT molecular complexity index is 1410. The normalized spacial score (nSPS) is 11.5. The van der Waals surface area contributed by atoms with Gasteiger partial charge in [0.05, 0.1) is 10.9 Å². The van der Waals surface area contributed by atoms with Crippen LogP contribution in [-0.2, 0) is 6.54 Å². The van der Waals surface area contributed by atoms with Gasteiger partial charge in [-0.25, -0.2) is 14.8 Å². The van der Waals surface area contributed by atoms with Crippen LogP contribution in [0.3, 0.4) is 0 Å². The van der Waals surface area contributed by atoms with Crippen molar-refractivity contribution in [1.29, 1.82) is 0 Å². The zero-order valence-corrected chi connectivity index (χ0v) is 19.0. The van der Waals surface area contributed by atoms with Gasteiger partial charge in [-0.05, 0) is 42.2 Å². The number of nitrogens with one attached hydrogen (secondary N) is 3. The fourth-order valence-electron chi connectivity index (χ4n) is 3.64. The summed E-state index contributed by atoms with van der Waals surface area (Å²) in [6, 6.07) is 8.83. The molecule has 3 N–H and O–H groups in total. The van der Waals surface area contributed by atoms with E-state index in [9.17, 15) is 14.4 Å². The molecule has 1 amide bonds. The van der Waals surface area contributed by atoms with E-state index in [4.69, 9.17) is 0 Å². The molecule has 170 valence electrons. The van der Waals surface area contributed by atoms with Crippen LogP contribution in [0.5, 0.6) is 0 Å². The predicted octanol–water partition coefficient (Wildman–Crippen LogP) is 3.51.